The van der Waals surface area contributed by atoms with Crippen LogP contribution in [0.1, 0.15) is 44.6 Å². The van der Waals surface area contributed by atoms with E-state index in [1.54, 1.807) is 12.1 Å². The molecule has 1 aromatic carbocycles. The molecule has 27 heavy (non-hydrogen) atoms. The molecule has 0 N–H and O–H groups in total. The Bertz CT molecular complexity index is 898. The molecular formula is C24H24FNO. The summed E-state index contributed by atoms with van der Waals surface area (Å²) in [5.41, 5.74) is 2.65. The van der Waals surface area contributed by atoms with Gasteiger partial charge in [-0.1, -0.05) is 43.4 Å². The average molecular weight is 361 g/mol. The van der Waals surface area contributed by atoms with Gasteiger partial charge in [0.25, 0.3) is 0 Å². The largest absolute Gasteiger partial charge is 0.313 e. The summed E-state index contributed by atoms with van der Waals surface area (Å²) in [7, 11) is 0. The van der Waals surface area contributed by atoms with E-state index in [0.29, 0.717) is 29.9 Å². The minimum Gasteiger partial charge on any atom is -0.313 e. The van der Waals surface area contributed by atoms with Crippen molar-refractivity contribution in [1.29, 1.82) is 0 Å². The lowest BCUT2D eigenvalue weighted by Crippen LogP contribution is -2.35. The van der Waals surface area contributed by atoms with Gasteiger partial charge < -0.3 is 4.90 Å². The molecule has 1 aliphatic heterocycles. The molecule has 0 bridgehead atoms. The van der Waals surface area contributed by atoms with Gasteiger partial charge in [-0.3, -0.25) is 4.79 Å². The SMILES string of the molecule is CC1CC=CC(C#Cc2cccc(F)c2)=CC=C1N1C(=O)CC2CCCC21. The lowest BCUT2D eigenvalue weighted by molar-refractivity contribution is -0.127. The van der Waals surface area contributed by atoms with Crippen molar-refractivity contribution in [1.82, 2.24) is 4.90 Å². The average Bonchev–Trinajstić information content (AvgIpc) is 3.19. The van der Waals surface area contributed by atoms with Crippen LogP contribution in [0.5, 0.6) is 0 Å². The summed E-state index contributed by atoms with van der Waals surface area (Å²) >= 11 is 0. The van der Waals surface area contributed by atoms with E-state index in [0.717, 1.165) is 24.1 Å². The van der Waals surface area contributed by atoms with Crippen LogP contribution in [0.15, 0.2) is 59.8 Å². The number of nitrogens with zero attached hydrogens (tertiary/aromatic N) is 1. The van der Waals surface area contributed by atoms with Crippen molar-refractivity contribution in [3.63, 3.8) is 0 Å². The molecule has 3 atom stereocenters. The van der Waals surface area contributed by atoms with Gasteiger partial charge in [0, 0.05) is 29.3 Å². The zero-order chi connectivity index (χ0) is 18.8. The van der Waals surface area contributed by atoms with Crippen molar-refractivity contribution < 1.29 is 9.18 Å². The number of carbonyl (C=O) groups is 1. The Labute approximate surface area is 160 Å². The molecular weight excluding hydrogens is 337 g/mol. The van der Waals surface area contributed by atoms with E-state index < -0.39 is 0 Å². The first-order valence-electron chi connectivity index (χ1n) is 9.80. The van der Waals surface area contributed by atoms with Gasteiger partial charge in [-0.25, -0.2) is 4.39 Å². The second-order valence-electron chi connectivity index (χ2n) is 7.74. The first kappa shape index (κ1) is 17.8. The summed E-state index contributed by atoms with van der Waals surface area (Å²) < 4.78 is 13.3. The van der Waals surface area contributed by atoms with Crippen LogP contribution in [0.4, 0.5) is 4.39 Å². The molecule has 0 radical (unpaired) electrons. The van der Waals surface area contributed by atoms with E-state index in [-0.39, 0.29) is 11.7 Å². The van der Waals surface area contributed by atoms with E-state index in [9.17, 15) is 9.18 Å². The van der Waals surface area contributed by atoms with Gasteiger partial charge in [-0.15, -0.1) is 0 Å². The molecule has 4 rings (SSSR count). The van der Waals surface area contributed by atoms with Crippen LogP contribution >= 0.6 is 0 Å². The predicted octanol–water partition coefficient (Wildman–Crippen LogP) is 4.98. The fraction of sp³-hybridized carbons (Fsp3) is 0.375. The number of hydrogen-bond donors (Lipinski definition) is 0. The smallest absolute Gasteiger partial charge is 0.227 e. The topological polar surface area (TPSA) is 20.3 Å². The second-order valence-corrected chi connectivity index (χ2v) is 7.74. The minimum atomic E-state index is -0.279. The third-order valence-electron chi connectivity index (χ3n) is 5.84. The summed E-state index contributed by atoms with van der Waals surface area (Å²) in [6.45, 7) is 2.18. The van der Waals surface area contributed by atoms with Gasteiger partial charge >= 0.3 is 0 Å². The maximum absolute atomic E-state index is 13.3. The van der Waals surface area contributed by atoms with Crippen LogP contribution in [0, 0.1) is 29.5 Å². The van der Waals surface area contributed by atoms with Crippen molar-refractivity contribution >= 4 is 5.91 Å². The molecule has 138 valence electrons. The van der Waals surface area contributed by atoms with Crippen molar-refractivity contribution in [3.05, 3.63) is 71.2 Å². The highest BCUT2D eigenvalue weighted by Crippen LogP contribution is 2.42. The third kappa shape index (κ3) is 3.76. The molecule has 3 heteroatoms. The van der Waals surface area contributed by atoms with Crippen LogP contribution in [-0.4, -0.2) is 16.8 Å². The Morgan fingerprint density at radius 1 is 1.19 bits per heavy atom. The maximum Gasteiger partial charge on any atom is 0.227 e. The fourth-order valence-electron chi connectivity index (χ4n) is 4.46. The maximum atomic E-state index is 13.3. The number of halogens is 1. The van der Waals surface area contributed by atoms with Gasteiger partial charge in [0.05, 0.1) is 0 Å². The fourth-order valence-corrected chi connectivity index (χ4v) is 4.46. The van der Waals surface area contributed by atoms with E-state index in [4.69, 9.17) is 0 Å². The Morgan fingerprint density at radius 2 is 2.07 bits per heavy atom. The number of rotatable bonds is 1. The van der Waals surface area contributed by atoms with Crippen molar-refractivity contribution in [2.24, 2.45) is 11.8 Å². The summed E-state index contributed by atoms with van der Waals surface area (Å²) in [5, 5.41) is 0. The number of allylic oxidation sites excluding steroid dienone is 6. The molecule has 0 spiro atoms. The van der Waals surface area contributed by atoms with Crippen LogP contribution < -0.4 is 0 Å². The monoisotopic (exact) mass is 361 g/mol. The molecule has 1 aromatic rings. The second kappa shape index (κ2) is 7.56. The molecule has 1 heterocycles. The normalized spacial score (nSPS) is 27.3. The van der Waals surface area contributed by atoms with Gasteiger partial charge in [0.1, 0.15) is 5.82 Å². The zero-order valence-corrected chi connectivity index (χ0v) is 15.6. The predicted molar refractivity (Wildman–Crippen MR) is 105 cm³/mol. The van der Waals surface area contributed by atoms with E-state index >= 15 is 0 Å². The van der Waals surface area contributed by atoms with Crippen molar-refractivity contribution in [2.45, 2.75) is 45.1 Å². The first-order chi connectivity index (χ1) is 13.1. The van der Waals surface area contributed by atoms with Crippen LogP contribution in [0.25, 0.3) is 0 Å². The van der Waals surface area contributed by atoms with Crippen molar-refractivity contribution in [3.8, 4) is 11.8 Å². The summed E-state index contributed by atoms with van der Waals surface area (Å²) in [4.78, 5) is 14.7. The Morgan fingerprint density at radius 3 is 2.93 bits per heavy atom. The van der Waals surface area contributed by atoms with Crippen LogP contribution in [0.2, 0.25) is 0 Å². The standard InChI is InChI=1S/C24H24FNO/c1-17-5-2-6-18(11-12-19-7-3-9-21(25)15-19)13-14-22(17)26-23-10-4-8-20(23)16-24(26)27/h2-3,6-7,9,13-15,17,20,23H,4-5,8,10,16H2,1H3. The highest BCUT2D eigenvalue weighted by molar-refractivity contribution is 5.81. The molecule has 3 aliphatic rings. The van der Waals surface area contributed by atoms with Crippen LogP contribution in [-0.2, 0) is 4.79 Å². The first-order valence-corrected chi connectivity index (χ1v) is 9.80. The molecule has 2 aliphatic carbocycles. The van der Waals surface area contributed by atoms with Crippen molar-refractivity contribution in [2.75, 3.05) is 0 Å². The number of carbonyl (C=O) groups excluding carboxylic acids is 1. The lowest BCUT2D eigenvalue weighted by atomic mass is 9.97. The Kier molecular flexibility index (Phi) is 4.99. The third-order valence-corrected chi connectivity index (χ3v) is 5.84. The van der Waals surface area contributed by atoms with Gasteiger partial charge in [0.2, 0.25) is 5.91 Å². The molecule has 2 fully saturated rings. The molecule has 1 saturated carbocycles. The molecule has 1 amide bonds. The summed E-state index contributed by atoms with van der Waals surface area (Å²) in [6, 6.07) is 6.70. The van der Waals surface area contributed by atoms with Gasteiger partial charge in [0.15, 0.2) is 0 Å². The number of hydrogen-bond acceptors (Lipinski definition) is 1. The quantitative estimate of drug-likeness (QED) is 0.646. The minimum absolute atomic E-state index is 0.271. The van der Waals surface area contributed by atoms with E-state index in [1.807, 2.05) is 12.2 Å². The number of amides is 1. The summed E-state index contributed by atoms with van der Waals surface area (Å²) in [6.07, 6.45) is 13.3. The Hall–Kier alpha value is -2.60. The molecule has 1 saturated heterocycles. The molecule has 2 nitrogen and oxygen atoms in total. The van der Waals surface area contributed by atoms with E-state index in [1.165, 1.54) is 25.0 Å². The Balaban J connectivity index is 1.63. The zero-order valence-electron chi connectivity index (χ0n) is 15.6. The lowest BCUT2D eigenvalue weighted by Gasteiger charge is -2.30. The van der Waals surface area contributed by atoms with Gasteiger partial charge in [-0.05, 0) is 61.4 Å². The van der Waals surface area contributed by atoms with E-state index in [2.05, 4.69) is 35.8 Å². The number of likely N-dealkylation sites (tertiary alicyclic amines) is 1. The number of benzene rings is 1. The summed E-state index contributed by atoms with van der Waals surface area (Å²) in [5.74, 6) is 6.98. The van der Waals surface area contributed by atoms with Crippen LogP contribution in [0.3, 0.4) is 0 Å². The number of fused-ring (bicyclic) bond motifs is 1. The highest BCUT2D eigenvalue weighted by atomic mass is 19.1. The highest BCUT2D eigenvalue weighted by Gasteiger charge is 2.44. The molecule has 0 aromatic heterocycles. The van der Waals surface area contributed by atoms with Gasteiger partial charge in [-0.2, -0.15) is 0 Å². The molecule has 3 unspecified atom stereocenters.